The van der Waals surface area contributed by atoms with Crippen LogP contribution in [0.5, 0.6) is 0 Å². The summed E-state index contributed by atoms with van der Waals surface area (Å²) in [6, 6.07) is 8.50. The van der Waals surface area contributed by atoms with Gasteiger partial charge in [0, 0.05) is 0 Å². The lowest BCUT2D eigenvalue weighted by atomic mass is 10.0. The smallest absolute Gasteiger partial charge is 0.0225 e. The topological polar surface area (TPSA) is 0 Å². The molecule has 0 spiro atoms. The third-order valence-corrected chi connectivity index (χ3v) is 1.99. The molecule has 0 saturated heterocycles. The normalized spacial score (nSPS) is 10.5. The summed E-state index contributed by atoms with van der Waals surface area (Å²) in [7, 11) is 0. The Kier molecular flexibility index (Phi) is 4.04. The maximum atomic E-state index is 3.66. The van der Waals surface area contributed by atoms with Crippen molar-refractivity contribution in [2.75, 3.05) is 0 Å². The van der Waals surface area contributed by atoms with E-state index in [-0.39, 0.29) is 0 Å². The highest BCUT2D eigenvalue weighted by atomic mass is 14.0. The average molecular weight is 172 g/mol. The van der Waals surface area contributed by atoms with E-state index in [0.717, 1.165) is 6.42 Å². The first kappa shape index (κ1) is 9.79. The molecule has 0 saturated carbocycles. The van der Waals surface area contributed by atoms with Crippen molar-refractivity contribution in [2.24, 2.45) is 0 Å². The van der Waals surface area contributed by atoms with Gasteiger partial charge in [0.2, 0.25) is 0 Å². The predicted octanol–water partition coefficient (Wildman–Crippen LogP) is 3.84. The maximum absolute atomic E-state index is 3.66. The minimum Gasteiger partial charge on any atom is -0.0991 e. The molecule has 0 aromatic heterocycles. The summed E-state index contributed by atoms with van der Waals surface area (Å²) in [5.41, 5.74) is 2.73. The SMILES string of the molecule is C=CC=Cc1ccccc1CCC. The van der Waals surface area contributed by atoms with E-state index in [4.69, 9.17) is 0 Å². The van der Waals surface area contributed by atoms with Crippen LogP contribution in [0.15, 0.2) is 43.0 Å². The molecule has 0 heterocycles. The Labute approximate surface area is 80.6 Å². The van der Waals surface area contributed by atoms with Gasteiger partial charge in [-0.3, -0.25) is 0 Å². The second-order valence-corrected chi connectivity index (χ2v) is 3.04. The van der Waals surface area contributed by atoms with E-state index in [0.29, 0.717) is 0 Å². The van der Waals surface area contributed by atoms with Crippen molar-refractivity contribution >= 4 is 6.08 Å². The van der Waals surface area contributed by atoms with Gasteiger partial charge < -0.3 is 0 Å². The first-order valence-electron chi connectivity index (χ1n) is 4.75. The average Bonchev–Trinajstić information content (AvgIpc) is 2.17. The summed E-state index contributed by atoms with van der Waals surface area (Å²) in [6.07, 6.45) is 8.24. The largest absolute Gasteiger partial charge is 0.0991 e. The predicted molar refractivity (Wildman–Crippen MR) is 59.7 cm³/mol. The Hall–Kier alpha value is -1.30. The van der Waals surface area contributed by atoms with Crippen LogP contribution in [0.4, 0.5) is 0 Å². The van der Waals surface area contributed by atoms with Crippen LogP contribution < -0.4 is 0 Å². The molecule has 0 unspecified atom stereocenters. The molecule has 0 atom stereocenters. The summed E-state index contributed by atoms with van der Waals surface area (Å²) in [5, 5.41) is 0. The van der Waals surface area contributed by atoms with Crippen LogP contribution in [0, 0.1) is 0 Å². The van der Waals surface area contributed by atoms with E-state index < -0.39 is 0 Å². The third-order valence-electron chi connectivity index (χ3n) is 1.99. The number of aryl methyl sites for hydroxylation is 1. The molecule has 0 aliphatic rings. The Morgan fingerprint density at radius 1 is 1.31 bits per heavy atom. The van der Waals surface area contributed by atoms with Gasteiger partial charge in [0.15, 0.2) is 0 Å². The van der Waals surface area contributed by atoms with E-state index in [1.807, 2.05) is 12.2 Å². The molecule has 68 valence electrons. The van der Waals surface area contributed by atoms with Gasteiger partial charge in [0.25, 0.3) is 0 Å². The summed E-state index contributed by atoms with van der Waals surface area (Å²) in [4.78, 5) is 0. The Morgan fingerprint density at radius 2 is 2.08 bits per heavy atom. The van der Waals surface area contributed by atoms with Crippen LogP contribution in [0.2, 0.25) is 0 Å². The minimum atomic E-state index is 1.15. The van der Waals surface area contributed by atoms with Crippen LogP contribution in [0.25, 0.3) is 6.08 Å². The highest BCUT2D eigenvalue weighted by molar-refractivity contribution is 5.55. The lowest BCUT2D eigenvalue weighted by Crippen LogP contribution is -1.86. The van der Waals surface area contributed by atoms with Crippen molar-refractivity contribution in [1.29, 1.82) is 0 Å². The first-order chi connectivity index (χ1) is 6.38. The number of rotatable bonds is 4. The maximum Gasteiger partial charge on any atom is -0.0225 e. The second-order valence-electron chi connectivity index (χ2n) is 3.04. The van der Waals surface area contributed by atoms with Gasteiger partial charge >= 0.3 is 0 Å². The fourth-order valence-corrected chi connectivity index (χ4v) is 1.37. The molecule has 0 fully saturated rings. The van der Waals surface area contributed by atoms with E-state index in [2.05, 4.69) is 43.8 Å². The van der Waals surface area contributed by atoms with Gasteiger partial charge in [-0.1, -0.05) is 62.4 Å². The fourth-order valence-electron chi connectivity index (χ4n) is 1.37. The number of benzene rings is 1. The minimum absolute atomic E-state index is 1.15. The zero-order chi connectivity index (χ0) is 9.52. The van der Waals surface area contributed by atoms with Crippen molar-refractivity contribution < 1.29 is 0 Å². The molecule has 0 heteroatoms. The lowest BCUT2D eigenvalue weighted by molar-refractivity contribution is 0.919. The monoisotopic (exact) mass is 172 g/mol. The van der Waals surface area contributed by atoms with Crippen molar-refractivity contribution in [1.82, 2.24) is 0 Å². The van der Waals surface area contributed by atoms with E-state index in [9.17, 15) is 0 Å². The van der Waals surface area contributed by atoms with Gasteiger partial charge in [-0.25, -0.2) is 0 Å². The van der Waals surface area contributed by atoms with Crippen LogP contribution in [-0.4, -0.2) is 0 Å². The number of hydrogen-bond acceptors (Lipinski definition) is 0. The molecular weight excluding hydrogens is 156 g/mol. The van der Waals surface area contributed by atoms with E-state index in [1.54, 1.807) is 0 Å². The Balaban J connectivity index is 2.90. The third kappa shape index (κ3) is 2.90. The standard InChI is InChI=1S/C13H16/c1-3-5-9-13-11-7-6-10-12(13)8-4-2/h3,5-7,9-11H,1,4,8H2,2H3. The fraction of sp³-hybridized carbons (Fsp3) is 0.231. The van der Waals surface area contributed by atoms with Crippen LogP contribution in [0.1, 0.15) is 24.5 Å². The first-order valence-corrected chi connectivity index (χ1v) is 4.75. The molecule has 0 nitrogen and oxygen atoms in total. The van der Waals surface area contributed by atoms with E-state index in [1.165, 1.54) is 17.5 Å². The Morgan fingerprint density at radius 3 is 2.77 bits per heavy atom. The zero-order valence-electron chi connectivity index (χ0n) is 8.16. The molecule has 0 bridgehead atoms. The van der Waals surface area contributed by atoms with Gasteiger partial charge in [0.1, 0.15) is 0 Å². The highest BCUT2D eigenvalue weighted by Gasteiger charge is 1.95. The van der Waals surface area contributed by atoms with Crippen molar-refractivity contribution in [3.05, 3.63) is 54.1 Å². The molecule has 0 aliphatic heterocycles. The molecule has 13 heavy (non-hydrogen) atoms. The number of hydrogen-bond donors (Lipinski definition) is 0. The van der Waals surface area contributed by atoms with Crippen molar-refractivity contribution in [2.45, 2.75) is 19.8 Å². The Bertz CT molecular complexity index is 295. The van der Waals surface area contributed by atoms with Crippen LogP contribution in [-0.2, 0) is 6.42 Å². The van der Waals surface area contributed by atoms with Crippen LogP contribution in [0.3, 0.4) is 0 Å². The van der Waals surface area contributed by atoms with Crippen molar-refractivity contribution in [3.63, 3.8) is 0 Å². The molecule has 1 aromatic rings. The number of allylic oxidation sites excluding steroid dienone is 2. The van der Waals surface area contributed by atoms with Gasteiger partial charge in [-0.15, -0.1) is 0 Å². The quantitative estimate of drug-likeness (QED) is 0.605. The lowest BCUT2D eigenvalue weighted by Gasteiger charge is -2.02. The summed E-state index contributed by atoms with van der Waals surface area (Å²) in [5.74, 6) is 0. The molecule has 1 rings (SSSR count). The van der Waals surface area contributed by atoms with Gasteiger partial charge in [0.05, 0.1) is 0 Å². The molecule has 0 amide bonds. The van der Waals surface area contributed by atoms with Crippen LogP contribution >= 0.6 is 0 Å². The van der Waals surface area contributed by atoms with E-state index >= 15 is 0 Å². The second kappa shape index (κ2) is 5.36. The molecule has 1 aromatic carbocycles. The summed E-state index contributed by atoms with van der Waals surface area (Å²) in [6.45, 7) is 5.87. The summed E-state index contributed by atoms with van der Waals surface area (Å²) < 4.78 is 0. The van der Waals surface area contributed by atoms with Gasteiger partial charge in [-0.05, 0) is 17.5 Å². The zero-order valence-corrected chi connectivity index (χ0v) is 8.16. The molecule has 0 aliphatic carbocycles. The van der Waals surface area contributed by atoms with Gasteiger partial charge in [-0.2, -0.15) is 0 Å². The highest BCUT2D eigenvalue weighted by Crippen LogP contribution is 2.12. The summed E-state index contributed by atoms with van der Waals surface area (Å²) >= 11 is 0. The molecule has 0 radical (unpaired) electrons. The van der Waals surface area contributed by atoms with Crippen molar-refractivity contribution in [3.8, 4) is 0 Å². The molecular formula is C13H16. The molecule has 0 N–H and O–H groups in total.